The molecule has 43 heavy (non-hydrogen) atoms. The number of aryl methyl sites for hydroxylation is 2. The number of aromatic nitrogens is 2. The molecular weight excluding hydrogens is 557 g/mol. The fourth-order valence-electron chi connectivity index (χ4n) is 6.44. The molecule has 1 aromatic heterocycles. The maximum atomic E-state index is 14.0. The van der Waals surface area contributed by atoms with Crippen molar-refractivity contribution in [2.75, 3.05) is 45.8 Å². The maximum Gasteiger partial charge on any atom is 0.419 e. The van der Waals surface area contributed by atoms with Gasteiger partial charge >= 0.3 is 6.18 Å². The minimum atomic E-state index is -4.60. The standard InChI is InChI=1S/C33H39F3N4O3/c1-32(2)29(41)18-23-8-5-7-21(30(23)32)10-12-26-25(33(34,35)36)19-37-31(38-26)39-27-13-11-22(17-28(27)43-4)24-9-6-14-40(20-24)15-16-42-3/h5,7-8,11,13,17,19,24H,6,9-10,12,14-16,18,20H2,1-4H3,(H,37,38,39). The van der Waals surface area contributed by atoms with E-state index >= 15 is 0 Å². The lowest BCUT2D eigenvalue weighted by atomic mass is 9.81. The van der Waals surface area contributed by atoms with Gasteiger partial charge < -0.3 is 19.7 Å². The highest BCUT2D eigenvalue weighted by atomic mass is 19.4. The minimum absolute atomic E-state index is 0.0457. The topological polar surface area (TPSA) is 76.6 Å². The van der Waals surface area contributed by atoms with Gasteiger partial charge in [0, 0.05) is 38.2 Å². The number of methoxy groups -OCH3 is 2. The smallest absolute Gasteiger partial charge is 0.419 e. The van der Waals surface area contributed by atoms with Gasteiger partial charge in [0.05, 0.1) is 30.7 Å². The number of likely N-dealkylation sites (tertiary alicyclic amines) is 1. The Morgan fingerprint density at radius 3 is 2.70 bits per heavy atom. The monoisotopic (exact) mass is 596 g/mol. The fourth-order valence-corrected chi connectivity index (χ4v) is 6.44. The Kier molecular flexibility index (Phi) is 9.08. The molecule has 2 aromatic carbocycles. The van der Waals surface area contributed by atoms with Crippen molar-refractivity contribution < 1.29 is 27.4 Å². The van der Waals surface area contributed by atoms with Crippen molar-refractivity contribution in [3.63, 3.8) is 0 Å². The van der Waals surface area contributed by atoms with Gasteiger partial charge in [0.15, 0.2) is 0 Å². The number of alkyl halides is 3. The maximum absolute atomic E-state index is 14.0. The number of anilines is 2. The molecular formula is C33H39F3N4O3. The third-order valence-corrected chi connectivity index (χ3v) is 8.78. The van der Waals surface area contributed by atoms with E-state index in [-0.39, 0.29) is 23.8 Å². The van der Waals surface area contributed by atoms with E-state index < -0.39 is 17.2 Å². The largest absolute Gasteiger partial charge is 0.495 e. The average Bonchev–Trinajstić information content (AvgIpc) is 3.22. The molecule has 1 unspecified atom stereocenters. The van der Waals surface area contributed by atoms with E-state index in [2.05, 4.69) is 20.2 Å². The van der Waals surface area contributed by atoms with Gasteiger partial charge in [-0.3, -0.25) is 4.79 Å². The van der Waals surface area contributed by atoms with Crippen LogP contribution >= 0.6 is 0 Å². The Morgan fingerprint density at radius 2 is 1.95 bits per heavy atom. The van der Waals surface area contributed by atoms with Gasteiger partial charge in [-0.25, -0.2) is 9.97 Å². The van der Waals surface area contributed by atoms with Crippen LogP contribution in [0.15, 0.2) is 42.6 Å². The third-order valence-electron chi connectivity index (χ3n) is 8.78. The summed E-state index contributed by atoms with van der Waals surface area (Å²) in [6, 6.07) is 11.6. The first-order chi connectivity index (χ1) is 20.5. The molecule has 1 fully saturated rings. The van der Waals surface area contributed by atoms with E-state index in [0.29, 0.717) is 36.8 Å². The van der Waals surface area contributed by atoms with Crippen molar-refractivity contribution in [1.29, 1.82) is 0 Å². The number of carbonyl (C=O) groups excluding carboxylic acids is 1. The predicted molar refractivity (Wildman–Crippen MR) is 159 cm³/mol. The van der Waals surface area contributed by atoms with Crippen LogP contribution in [0.25, 0.3) is 0 Å². The van der Waals surface area contributed by atoms with Crippen molar-refractivity contribution in [3.05, 3.63) is 76.1 Å². The van der Waals surface area contributed by atoms with Crippen molar-refractivity contribution >= 4 is 17.4 Å². The molecule has 0 amide bonds. The molecule has 1 saturated heterocycles. The van der Waals surface area contributed by atoms with E-state index in [1.807, 2.05) is 50.2 Å². The van der Waals surface area contributed by atoms with E-state index in [1.54, 1.807) is 14.2 Å². The SMILES string of the molecule is COCCN1CCCC(c2ccc(Nc3ncc(C(F)(F)F)c(CCc4cccc5c4C(C)(C)C(=O)C5)n3)c(OC)c2)C1. The van der Waals surface area contributed by atoms with E-state index in [1.165, 1.54) is 0 Å². The molecule has 7 nitrogen and oxygen atoms in total. The average molecular weight is 597 g/mol. The van der Waals surface area contributed by atoms with Gasteiger partial charge in [-0.15, -0.1) is 0 Å². The lowest BCUT2D eigenvalue weighted by molar-refractivity contribution is -0.138. The summed E-state index contributed by atoms with van der Waals surface area (Å²) >= 11 is 0. The first kappa shape index (κ1) is 30.9. The molecule has 0 bridgehead atoms. The molecule has 1 aliphatic heterocycles. The molecule has 10 heteroatoms. The zero-order chi connectivity index (χ0) is 30.8. The van der Waals surface area contributed by atoms with Gasteiger partial charge in [0.25, 0.3) is 0 Å². The number of benzene rings is 2. The molecule has 0 spiro atoms. The molecule has 2 heterocycles. The quantitative estimate of drug-likeness (QED) is 0.296. The molecule has 3 aromatic rings. The molecule has 230 valence electrons. The second kappa shape index (κ2) is 12.6. The minimum Gasteiger partial charge on any atom is -0.495 e. The van der Waals surface area contributed by atoms with Gasteiger partial charge in [-0.2, -0.15) is 13.2 Å². The third kappa shape index (κ3) is 6.70. The fraction of sp³-hybridized carbons (Fsp3) is 0.485. The van der Waals surface area contributed by atoms with Gasteiger partial charge in [-0.05, 0) is 86.4 Å². The lowest BCUT2D eigenvalue weighted by Gasteiger charge is -2.33. The number of rotatable bonds is 10. The number of hydrogen-bond acceptors (Lipinski definition) is 7. The van der Waals surface area contributed by atoms with Gasteiger partial charge in [0.1, 0.15) is 11.5 Å². The highest BCUT2D eigenvalue weighted by Gasteiger charge is 2.40. The number of carbonyl (C=O) groups is 1. The van der Waals surface area contributed by atoms with Crippen LogP contribution in [-0.2, 0) is 40.4 Å². The van der Waals surface area contributed by atoms with Crippen LogP contribution in [0.2, 0.25) is 0 Å². The second-order valence-electron chi connectivity index (χ2n) is 11.9. The highest BCUT2D eigenvalue weighted by Crippen LogP contribution is 2.39. The second-order valence-corrected chi connectivity index (χ2v) is 11.9. The number of hydrogen-bond donors (Lipinski definition) is 1. The first-order valence-corrected chi connectivity index (χ1v) is 14.7. The summed E-state index contributed by atoms with van der Waals surface area (Å²) in [5.41, 5.74) is 2.83. The summed E-state index contributed by atoms with van der Waals surface area (Å²) in [6.45, 7) is 7.32. The van der Waals surface area contributed by atoms with Crippen molar-refractivity contribution in [3.8, 4) is 5.75 Å². The normalized spacial score (nSPS) is 18.5. The van der Waals surface area contributed by atoms with Crippen LogP contribution in [0.1, 0.15) is 66.1 Å². The molecule has 1 N–H and O–H groups in total. The van der Waals surface area contributed by atoms with E-state index in [4.69, 9.17) is 9.47 Å². The number of halogens is 3. The van der Waals surface area contributed by atoms with Crippen LogP contribution < -0.4 is 10.1 Å². The Balaban J connectivity index is 1.37. The van der Waals surface area contributed by atoms with Crippen LogP contribution in [0.4, 0.5) is 24.8 Å². The number of fused-ring (bicyclic) bond motifs is 1. The summed E-state index contributed by atoms with van der Waals surface area (Å²) in [6.07, 6.45) is -0.883. The van der Waals surface area contributed by atoms with Crippen molar-refractivity contribution in [2.24, 2.45) is 0 Å². The first-order valence-electron chi connectivity index (χ1n) is 14.7. The predicted octanol–water partition coefficient (Wildman–Crippen LogP) is 6.26. The Bertz CT molecular complexity index is 1470. The summed E-state index contributed by atoms with van der Waals surface area (Å²) in [5, 5.41) is 3.08. The van der Waals surface area contributed by atoms with Crippen LogP contribution in [0.3, 0.4) is 0 Å². The van der Waals surface area contributed by atoms with Crippen molar-refractivity contribution in [2.45, 2.75) is 63.5 Å². The number of ether oxygens (including phenoxy) is 2. The summed E-state index contributed by atoms with van der Waals surface area (Å²) in [5.74, 6) is 1.10. The summed E-state index contributed by atoms with van der Waals surface area (Å²) < 4.78 is 52.9. The van der Waals surface area contributed by atoms with Crippen LogP contribution in [0.5, 0.6) is 5.75 Å². The molecule has 1 atom stereocenters. The number of nitrogens with one attached hydrogen (secondary N) is 1. The Hall–Kier alpha value is -3.50. The van der Waals surface area contributed by atoms with E-state index in [0.717, 1.165) is 60.9 Å². The lowest BCUT2D eigenvalue weighted by Crippen LogP contribution is -2.36. The summed E-state index contributed by atoms with van der Waals surface area (Å²) in [7, 11) is 3.28. The van der Waals surface area contributed by atoms with Crippen LogP contribution in [-0.4, -0.2) is 61.1 Å². The zero-order valence-electron chi connectivity index (χ0n) is 25.2. The van der Waals surface area contributed by atoms with Crippen LogP contribution in [0, 0.1) is 0 Å². The number of Topliss-reactive ketones (excluding diaryl/α,β-unsaturated/α-hetero) is 1. The van der Waals surface area contributed by atoms with Crippen molar-refractivity contribution in [1.82, 2.24) is 14.9 Å². The number of nitrogens with zero attached hydrogens (tertiary/aromatic N) is 3. The Morgan fingerprint density at radius 1 is 1.14 bits per heavy atom. The van der Waals surface area contributed by atoms with E-state index in [9.17, 15) is 18.0 Å². The van der Waals surface area contributed by atoms with Gasteiger partial charge in [0.2, 0.25) is 5.95 Å². The molecule has 0 saturated carbocycles. The Labute approximate surface area is 250 Å². The number of ketones is 1. The summed E-state index contributed by atoms with van der Waals surface area (Å²) in [4.78, 5) is 23.4. The van der Waals surface area contributed by atoms with Gasteiger partial charge in [-0.1, -0.05) is 24.3 Å². The molecule has 1 aliphatic carbocycles. The zero-order valence-corrected chi connectivity index (χ0v) is 25.2. The highest BCUT2D eigenvalue weighted by molar-refractivity contribution is 5.96. The number of piperidine rings is 1. The molecule has 5 rings (SSSR count). The molecule has 0 radical (unpaired) electrons. The molecule has 2 aliphatic rings.